The van der Waals surface area contributed by atoms with E-state index in [1.54, 1.807) is 13.2 Å². The average Bonchev–Trinajstić information content (AvgIpc) is 2.83. The molecule has 2 N–H and O–H groups in total. The van der Waals surface area contributed by atoms with E-state index in [0.717, 1.165) is 30.6 Å². The molecule has 5 heteroatoms. The van der Waals surface area contributed by atoms with Crippen molar-refractivity contribution in [2.24, 2.45) is 5.92 Å². The molecule has 0 spiro atoms. The smallest absolute Gasteiger partial charge is 0.160 e. The average molecular weight is 316 g/mol. The van der Waals surface area contributed by atoms with E-state index in [9.17, 15) is 15.0 Å². The van der Waals surface area contributed by atoms with Crippen molar-refractivity contribution in [3.05, 3.63) is 58.5 Å². The lowest BCUT2D eigenvalue weighted by molar-refractivity contribution is -0.116. The molecule has 23 heavy (non-hydrogen) atoms. The van der Waals surface area contributed by atoms with Crippen molar-refractivity contribution in [2.75, 3.05) is 13.7 Å². The van der Waals surface area contributed by atoms with E-state index in [1.807, 2.05) is 12.2 Å². The van der Waals surface area contributed by atoms with Crippen LogP contribution in [0.5, 0.6) is 0 Å². The number of ketones is 1. The SMILES string of the molecule is COC1=CCC=C(C2=CC(O)=C3C(O)=CC(=O)CC3CO2)CC1. The maximum Gasteiger partial charge on any atom is 0.160 e. The molecule has 1 heterocycles. The van der Waals surface area contributed by atoms with Gasteiger partial charge in [0.05, 0.1) is 19.5 Å². The topological polar surface area (TPSA) is 76.0 Å². The van der Waals surface area contributed by atoms with Crippen molar-refractivity contribution >= 4 is 5.78 Å². The van der Waals surface area contributed by atoms with Gasteiger partial charge in [0.25, 0.3) is 0 Å². The monoisotopic (exact) mass is 316 g/mol. The summed E-state index contributed by atoms with van der Waals surface area (Å²) in [5.74, 6) is 0.860. The molecule has 1 atom stereocenters. The zero-order valence-electron chi connectivity index (χ0n) is 13.0. The molecule has 0 radical (unpaired) electrons. The van der Waals surface area contributed by atoms with Gasteiger partial charge in [0.15, 0.2) is 5.78 Å². The molecule has 0 aromatic rings. The highest BCUT2D eigenvalue weighted by atomic mass is 16.5. The molecule has 0 bridgehead atoms. The van der Waals surface area contributed by atoms with Gasteiger partial charge in [0, 0.05) is 36.5 Å². The molecule has 0 aromatic heterocycles. The van der Waals surface area contributed by atoms with Crippen LogP contribution < -0.4 is 0 Å². The summed E-state index contributed by atoms with van der Waals surface area (Å²) >= 11 is 0. The van der Waals surface area contributed by atoms with Crippen molar-refractivity contribution in [3.8, 4) is 0 Å². The van der Waals surface area contributed by atoms with E-state index >= 15 is 0 Å². The Labute approximate surface area is 134 Å². The highest BCUT2D eigenvalue weighted by Crippen LogP contribution is 2.35. The van der Waals surface area contributed by atoms with Gasteiger partial charge in [-0.15, -0.1) is 0 Å². The van der Waals surface area contributed by atoms with Crippen LogP contribution in [-0.4, -0.2) is 29.7 Å². The summed E-state index contributed by atoms with van der Waals surface area (Å²) in [5, 5.41) is 20.3. The number of fused-ring (bicyclic) bond motifs is 1. The molecule has 0 fully saturated rings. The van der Waals surface area contributed by atoms with Crippen molar-refractivity contribution in [2.45, 2.75) is 25.7 Å². The second-order valence-corrected chi connectivity index (χ2v) is 5.86. The first-order valence-corrected chi connectivity index (χ1v) is 7.72. The van der Waals surface area contributed by atoms with E-state index in [4.69, 9.17) is 9.47 Å². The number of hydrogen-bond acceptors (Lipinski definition) is 5. The van der Waals surface area contributed by atoms with Crippen LogP contribution in [0.25, 0.3) is 0 Å². The minimum Gasteiger partial charge on any atom is -0.507 e. The second kappa shape index (κ2) is 6.36. The highest BCUT2D eigenvalue weighted by Gasteiger charge is 2.31. The van der Waals surface area contributed by atoms with Crippen molar-refractivity contribution in [1.82, 2.24) is 0 Å². The summed E-state index contributed by atoms with van der Waals surface area (Å²) in [5.41, 5.74) is 1.39. The predicted octanol–water partition coefficient (Wildman–Crippen LogP) is 3.38. The highest BCUT2D eigenvalue weighted by molar-refractivity contribution is 5.92. The van der Waals surface area contributed by atoms with Crippen molar-refractivity contribution in [3.63, 3.8) is 0 Å². The molecule has 5 nitrogen and oxygen atoms in total. The summed E-state index contributed by atoms with van der Waals surface area (Å²) in [7, 11) is 1.66. The van der Waals surface area contributed by atoms with Gasteiger partial charge in [-0.1, -0.05) is 6.08 Å². The molecular weight excluding hydrogens is 296 g/mol. The zero-order valence-corrected chi connectivity index (χ0v) is 13.0. The Bertz CT molecular complexity index is 676. The van der Waals surface area contributed by atoms with E-state index in [-0.39, 0.29) is 36.2 Å². The van der Waals surface area contributed by atoms with Crippen LogP contribution in [0.1, 0.15) is 25.7 Å². The Morgan fingerprint density at radius 2 is 2.04 bits per heavy atom. The van der Waals surface area contributed by atoms with Crippen LogP contribution in [0.4, 0.5) is 0 Å². The molecule has 1 aliphatic heterocycles. The maximum absolute atomic E-state index is 11.6. The quantitative estimate of drug-likeness (QED) is 0.816. The number of rotatable bonds is 2. The molecule has 0 aromatic carbocycles. The van der Waals surface area contributed by atoms with Crippen molar-refractivity contribution < 1.29 is 24.5 Å². The number of hydrogen-bond donors (Lipinski definition) is 2. The molecule has 2 aliphatic carbocycles. The summed E-state index contributed by atoms with van der Waals surface area (Å²) < 4.78 is 11.1. The predicted molar refractivity (Wildman–Crippen MR) is 84.5 cm³/mol. The molecule has 0 saturated carbocycles. The van der Waals surface area contributed by atoms with Gasteiger partial charge >= 0.3 is 0 Å². The number of allylic oxidation sites excluding steroid dienone is 7. The molecule has 3 aliphatic rings. The van der Waals surface area contributed by atoms with Crippen LogP contribution in [-0.2, 0) is 14.3 Å². The van der Waals surface area contributed by atoms with Gasteiger partial charge in [0.2, 0.25) is 0 Å². The molecule has 3 rings (SSSR count). The summed E-state index contributed by atoms with van der Waals surface area (Å²) in [6, 6.07) is 0. The number of ether oxygens (including phenoxy) is 2. The van der Waals surface area contributed by atoms with Crippen LogP contribution in [0, 0.1) is 5.92 Å². The number of carbonyl (C=O) groups excluding carboxylic acids is 1. The summed E-state index contributed by atoms with van der Waals surface area (Å²) in [6.07, 6.45) is 9.27. The van der Waals surface area contributed by atoms with Crippen LogP contribution in [0.2, 0.25) is 0 Å². The number of carbonyl (C=O) groups is 1. The van der Waals surface area contributed by atoms with Gasteiger partial charge in [-0.05, 0) is 24.5 Å². The maximum atomic E-state index is 11.6. The van der Waals surface area contributed by atoms with E-state index in [1.165, 1.54) is 6.08 Å². The first-order valence-electron chi connectivity index (χ1n) is 7.72. The van der Waals surface area contributed by atoms with E-state index < -0.39 is 0 Å². The Balaban J connectivity index is 1.87. The number of aliphatic hydroxyl groups excluding tert-OH is 2. The summed E-state index contributed by atoms with van der Waals surface area (Å²) in [6.45, 7) is 0.261. The standard InChI is InChI=1S/C18H20O5/c1-22-14-4-2-3-11(5-6-14)17-9-16(21)18-12(10-23-17)7-13(19)8-15(18)20/h3-4,8-9,12,20-21H,2,5-7,10H2,1H3. The van der Waals surface area contributed by atoms with Crippen LogP contribution in [0.15, 0.2) is 58.5 Å². The number of aliphatic hydroxyl groups is 2. The Morgan fingerprint density at radius 3 is 2.83 bits per heavy atom. The Morgan fingerprint density at radius 1 is 1.22 bits per heavy atom. The molecule has 0 amide bonds. The zero-order chi connectivity index (χ0) is 16.4. The van der Waals surface area contributed by atoms with E-state index in [2.05, 4.69) is 0 Å². The number of methoxy groups -OCH3 is 1. The third-order valence-electron chi connectivity index (χ3n) is 4.34. The van der Waals surface area contributed by atoms with Crippen molar-refractivity contribution in [1.29, 1.82) is 0 Å². The lowest BCUT2D eigenvalue weighted by atomic mass is 9.87. The third-order valence-corrected chi connectivity index (χ3v) is 4.34. The molecular formula is C18H20O5. The minimum absolute atomic E-state index is 0.0335. The third kappa shape index (κ3) is 3.18. The summed E-state index contributed by atoms with van der Waals surface area (Å²) in [4.78, 5) is 11.6. The fourth-order valence-corrected chi connectivity index (χ4v) is 3.15. The van der Waals surface area contributed by atoms with Gasteiger partial charge in [0.1, 0.15) is 17.3 Å². The molecule has 1 unspecified atom stereocenters. The largest absolute Gasteiger partial charge is 0.507 e. The fourth-order valence-electron chi connectivity index (χ4n) is 3.15. The van der Waals surface area contributed by atoms with Gasteiger partial charge in [-0.3, -0.25) is 4.79 Å². The fraction of sp³-hybridized carbons (Fsp3) is 0.389. The first kappa shape index (κ1) is 15.5. The molecule has 0 saturated heterocycles. The van der Waals surface area contributed by atoms with Crippen LogP contribution in [0.3, 0.4) is 0 Å². The Kier molecular flexibility index (Phi) is 4.28. The van der Waals surface area contributed by atoms with E-state index in [0.29, 0.717) is 11.3 Å². The van der Waals surface area contributed by atoms with Gasteiger partial charge in [-0.25, -0.2) is 0 Å². The van der Waals surface area contributed by atoms with Gasteiger partial charge in [-0.2, -0.15) is 0 Å². The lowest BCUT2D eigenvalue weighted by Gasteiger charge is -2.21. The normalized spacial score (nSPS) is 25.1. The van der Waals surface area contributed by atoms with Gasteiger partial charge < -0.3 is 19.7 Å². The first-order chi connectivity index (χ1) is 11.1. The Hall–Kier alpha value is -2.43. The second-order valence-electron chi connectivity index (χ2n) is 5.86. The molecule has 122 valence electrons. The van der Waals surface area contributed by atoms with Crippen LogP contribution >= 0.6 is 0 Å². The minimum atomic E-state index is -0.319. The lowest BCUT2D eigenvalue weighted by Crippen LogP contribution is -2.21.